The molecule has 0 spiro atoms. The molecular weight excluding hydrogens is 354 g/mol. The first-order chi connectivity index (χ1) is 12.5. The topological polar surface area (TPSA) is 67.8 Å². The quantitative estimate of drug-likeness (QED) is 0.637. The first kappa shape index (κ1) is 20.1. The van der Waals surface area contributed by atoms with E-state index in [4.69, 9.17) is 26.2 Å². The Balaban J connectivity index is 2.01. The van der Waals surface area contributed by atoms with Crippen molar-refractivity contribution in [2.45, 2.75) is 33.4 Å². The third kappa shape index (κ3) is 5.64. The first-order valence-corrected chi connectivity index (χ1v) is 9.03. The Hall–Kier alpha value is -2.24. The van der Waals surface area contributed by atoms with Crippen molar-refractivity contribution in [1.29, 1.82) is 0 Å². The zero-order chi connectivity index (χ0) is 18.9. The van der Waals surface area contributed by atoms with Gasteiger partial charge in [-0.05, 0) is 48.7 Å². The van der Waals surface area contributed by atoms with Crippen LogP contribution in [0.5, 0.6) is 11.5 Å². The van der Waals surface area contributed by atoms with E-state index >= 15 is 0 Å². The summed E-state index contributed by atoms with van der Waals surface area (Å²) in [6.45, 7) is 6.30. The van der Waals surface area contributed by atoms with Crippen LogP contribution in [0.1, 0.15) is 41.8 Å². The van der Waals surface area contributed by atoms with Crippen molar-refractivity contribution in [1.82, 2.24) is 5.32 Å². The van der Waals surface area contributed by atoms with Crippen molar-refractivity contribution in [2.75, 3.05) is 13.2 Å². The molecule has 0 saturated heterocycles. The van der Waals surface area contributed by atoms with Gasteiger partial charge in [0.1, 0.15) is 0 Å². The van der Waals surface area contributed by atoms with E-state index in [1.54, 1.807) is 24.3 Å². The largest absolute Gasteiger partial charge is 0.490 e. The van der Waals surface area contributed by atoms with Gasteiger partial charge in [-0.15, -0.1) is 0 Å². The summed E-state index contributed by atoms with van der Waals surface area (Å²) < 4.78 is 11.4. The van der Waals surface area contributed by atoms with Gasteiger partial charge in [0.05, 0.1) is 23.8 Å². The molecule has 5 nitrogen and oxygen atoms in total. The molecule has 0 bridgehead atoms. The fraction of sp³-hybridized carbons (Fsp3) is 0.350. The standard InChI is InChI=1S/C20H24ClNO4/c1-3-9-26-19-17(21)10-15(11-18(19)25-4-2)13-22-12-14-5-7-16(8-6-14)20(23)24/h5-8,10-11,22H,3-4,9,12-13H2,1-2H3,(H,23,24). The van der Waals surface area contributed by atoms with Crippen LogP contribution in [0.15, 0.2) is 36.4 Å². The number of nitrogens with one attached hydrogen (secondary N) is 1. The zero-order valence-electron chi connectivity index (χ0n) is 15.0. The summed E-state index contributed by atoms with van der Waals surface area (Å²) in [5.74, 6) is 0.312. The second-order valence-corrected chi connectivity index (χ2v) is 6.20. The van der Waals surface area contributed by atoms with Crippen LogP contribution in [0.25, 0.3) is 0 Å². The van der Waals surface area contributed by atoms with Crippen LogP contribution in [-0.2, 0) is 13.1 Å². The summed E-state index contributed by atoms with van der Waals surface area (Å²) in [4.78, 5) is 10.9. The molecule has 2 aromatic carbocycles. The smallest absolute Gasteiger partial charge is 0.335 e. The van der Waals surface area contributed by atoms with Gasteiger partial charge in [-0.3, -0.25) is 0 Å². The maximum absolute atomic E-state index is 10.9. The van der Waals surface area contributed by atoms with Gasteiger partial charge in [0.2, 0.25) is 0 Å². The van der Waals surface area contributed by atoms with Gasteiger partial charge in [-0.1, -0.05) is 30.7 Å². The molecule has 0 aliphatic heterocycles. The number of rotatable bonds is 10. The molecule has 2 aromatic rings. The molecule has 0 aliphatic rings. The van der Waals surface area contributed by atoms with Gasteiger partial charge in [0, 0.05) is 13.1 Å². The van der Waals surface area contributed by atoms with E-state index in [2.05, 4.69) is 5.32 Å². The molecule has 0 saturated carbocycles. The second kappa shape index (κ2) is 10.0. The summed E-state index contributed by atoms with van der Waals surface area (Å²) in [7, 11) is 0. The number of carbonyl (C=O) groups is 1. The Kier molecular flexibility index (Phi) is 7.75. The minimum absolute atomic E-state index is 0.282. The molecule has 0 heterocycles. The molecule has 0 aromatic heterocycles. The number of carboxylic acid groups (broad SMARTS) is 1. The summed E-state index contributed by atoms with van der Waals surface area (Å²) >= 11 is 6.36. The van der Waals surface area contributed by atoms with Crippen molar-refractivity contribution in [3.05, 3.63) is 58.1 Å². The molecule has 0 atom stereocenters. The van der Waals surface area contributed by atoms with E-state index in [9.17, 15) is 4.79 Å². The highest BCUT2D eigenvalue weighted by Crippen LogP contribution is 2.36. The Bertz CT molecular complexity index is 731. The fourth-order valence-electron chi connectivity index (χ4n) is 2.45. The van der Waals surface area contributed by atoms with Gasteiger partial charge in [-0.2, -0.15) is 0 Å². The van der Waals surface area contributed by atoms with Crippen LogP contribution in [0.3, 0.4) is 0 Å². The van der Waals surface area contributed by atoms with Crippen molar-refractivity contribution in [3.8, 4) is 11.5 Å². The minimum atomic E-state index is -0.923. The molecule has 0 aliphatic carbocycles. The summed E-state index contributed by atoms with van der Waals surface area (Å²) in [5.41, 5.74) is 2.28. The summed E-state index contributed by atoms with van der Waals surface area (Å²) in [6.07, 6.45) is 0.895. The molecule has 0 fully saturated rings. The Morgan fingerprint density at radius 2 is 1.77 bits per heavy atom. The van der Waals surface area contributed by atoms with Crippen LogP contribution in [0.2, 0.25) is 5.02 Å². The average molecular weight is 378 g/mol. The third-order valence-electron chi connectivity index (χ3n) is 3.68. The van der Waals surface area contributed by atoms with E-state index in [-0.39, 0.29) is 5.56 Å². The van der Waals surface area contributed by atoms with Gasteiger partial charge < -0.3 is 19.9 Å². The lowest BCUT2D eigenvalue weighted by atomic mass is 10.1. The number of halogens is 1. The molecule has 6 heteroatoms. The number of ether oxygens (including phenoxy) is 2. The predicted octanol–water partition coefficient (Wildman–Crippen LogP) is 4.52. The molecule has 2 rings (SSSR count). The normalized spacial score (nSPS) is 10.6. The number of benzene rings is 2. The monoisotopic (exact) mass is 377 g/mol. The van der Waals surface area contributed by atoms with E-state index in [0.717, 1.165) is 17.5 Å². The van der Waals surface area contributed by atoms with E-state index in [1.807, 2.05) is 26.0 Å². The molecule has 0 radical (unpaired) electrons. The maximum atomic E-state index is 10.9. The number of hydrogen-bond donors (Lipinski definition) is 2. The lowest BCUT2D eigenvalue weighted by molar-refractivity contribution is 0.0697. The van der Waals surface area contributed by atoms with Gasteiger partial charge >= 0.3 is 5.97 Å². The SMILES string of the molecule is CCCOc1c(Cl)cc(CNCc2ccc(C(=O)O)cc2)cc1OCC. The highest BCUT2D eigenvalue weighted by atomic mass is 35.5. The van der Waals surface area contributed by atoms with Crippen LogP contribution in [0.4, 0.5) is 0 Å². The number of aromatic carboxylic acids is 1. The second-order valence-electron chi connectivity index (χ2n) is 5.79. The molecule has 140 valence electrons. The molecule has 0 unspecified atom stereocenters. The zero-order valence-corrected chi connectivity index (χ0v) is 15.8. The average Bonchev–Trinajstić information content (AvgIpc) is 2.62. The van der Waals surface area contributed by atoms with Gasteiger partial charge in [-0.25, -0.2) is 4.79 Å². The van der Waals surface area contributed by atoms with E-state index < -0.39 is 5.97 Å². The van der Waals surface area contributed by atoms with Crippen molar-refractivity contribution in [2.24, 2.45) is 0 Å². The lowest BCUT2D eigenvalue weighted by Crippen LogP contribution is -2.13. The highest BCUT2D eigenvalue weighted by Gasteiger charge is 2.12. The Morgan fingerprint density at radius 1 is 1.08 bits per heavy atom. The maximum Gasteiger partial charge on any atom is 0.335 e. The van der Waals surface area contributed by atoms with E-state index in [0.29, 0.717) is 42.8 Å². The van der Waals surface area contributed by atoms with E-state index in [1.165, 1.54) is 0 Å². The third-order valence-corrected chi connectivity index (χ3v) is 3.96. The molecule has 26 heavy (non-hydrogen) atoms. The Labute approximate surface area is 158 Å². The van der Waals surface area contributed by atoms with Crippen LogP contribution < -0.4 is 14.8 Å². The molecule has 2 N–H and O–H groups in total. The van der Waals surface area contributed by atoms with Gasteiger partial charge in [0.15, 0.2) is 11.5 Å². The van der Waals surface area contributed by atoms with Crippen molar-refractivity contribution in [3.63, 3.8) is 0 Å². The Morgan fingerprint density at radius 3 is 2.38 bits per heavy atom. The van der Waals surface area contributed by atoms with Gasteiger partial charge in [0.25, 0.3) is 0 Å². The number of hydrogen-bond acceptors (Lipinski definition) is 4. The summed E-state index contributed by atoms with van der Waals surface area (Å²) in [5, 5.41) is 12.8. The predicted molar refractivity (Wildman–Crippen MR) is 102 cm³/mol. The minimum Gasteiger partial charge on any atom is -0.490 e. The fourth-order valence-corrected chi connectivity index (χ4v) is 2.73. The molecule has 0 amide bonds. The molecular formula is C20H24ClNO4. The van der Waals surface area contributed by atoms with Crippen molar-refractivity contribution < 1.29 is 19.4 Å². The van der Waals surface area contributed by atoms with Crippen LogP contribution in [0, 0.1) is 0 Å². The first-order valence-electron chi connectivity index (χ1n) is 8.66. The van der Waals surface area contributed by atoms with Crippen LogP contribution >= 0.6 is 11.6 Å². The van der Waals surface area contributed by atoms with Crippen LogP contribution in [-0.4, -0.2) is 24.3 Å². The highest BCUT2D eigenvalue weighted by molar-refractivity contribution is 6.32. The lowest BCUT2D eigenvalue weighted by Gasteiger charge is -2.15. The number of carboxylic acids is 1. The summed E-state index contributed by atoms with van der Waals surface area (Å²) in [6, 6.07) is 10.6. The van der Waals surface area contributed by atoms with Crippen molar-refractivity contribution >= 4 is 17.6 Å².